The van der Waals surface area contributed by atoms with Crippen molar-refractivity contribution in [2.75, 3.05) is 26.0 Å². The van der Waals surface area contributed by atoms with E-state index in [0.717, 1.165) is 41.9 Å². The van der Waals surface area contributed by atoms with E-state index in [-0.39, 0.29) is 42.1 Å². The van der Waals surface area contributed by atoms with Crippen LogP contribution >= 0.6 is 27.7 Å². The zero-order chi connectivity index (χ0) is 31.5. The summed E-state index contributed by atoms with van der Waals surface area (Å²) in [6.45, 7) is 8.17. The number of amides is 2. The van der Waals surface area contributed by atoms with Crippen molar-refractivity contribution >= 4 is 69.8 Å². The van der Waals surface area contributed by atoms with Gasteiger partial charge in [-0.15, -0.1) is 11.8 Å². The average Bonchev–Trinajstić information content (AvgIpc) is 3.75. The van der Waals surface area contributed by atoms with Gasteiger partial charge in [-0.2, -0.15) is 5.26 Å². The summed E-state index contributed by atoms with van der Waals surface area (Å²) in [4.78, 5) is 33.7. The maximum absolute atomic E-state index is 16.0. The number of aryl methyl sites for hydroxylation is 1. The highest BCUT2D eigenvalue weighted by molar-refractivity contribution is 9.10. The summed E-state index contributed by atoms with van der Waals surface area (Å²) in [5.41, 5.74) is 2.64. The molecule has 1 saturated carbocycles. The van der Waals surface area contributed by atoms with E-state index in [2.05, 4.69) is 52.3 Å². The van der Waals surface area contributed by atoms with E-state index in [1.165, 1.54) is 16.7 Å². The number of nitriles is 1. The molecule has 3 aliphatic heterocycles. The number of aromatic nitrogens is 2. The molecule has 44 heavy (non-hydrogen) atoms. The Kier molecular flexibility index (Phi) is 8.39. The van der Waals surface area contributed by atoms with Crippen molar-refractivity contribution in [3.8, 4) is 6.07 Å². The van der Waals surface area contributed by atoms with Crippen LogP contribution in [0.3, 0.4) is 0 Å². The average molecular weight is 703 g/mol. The van der Waals surface area contributed by atoms with Gasteiger partial charge in [0, 0.05) is 50.0 Å². The summed E-state index contributed by atoms with van der Waals surface area (Å²) in [5, 5.41) is 21.4. The topological polar surface area (TPSA) is 112 Å². The maximum Gasteiger partial charge on any atom is 0.410 e. The fourth-order valence-electron chi connectivity index (χ4n) is 7.22. The number of carbonyl (C=O) groups is 2. The largest absolute Gasteiger partial charge is 0.465 e. The second-order valence-corrected chi connectivity index (χ2v) is 20.5. The molecule has 0 radical (unpaired) electrons. The normalized spacial score (nSPS) is 22.9. The minimum absolute atomic E-state index is 0.114. The molecular formula is C31H37BrFN5O4SSi. The van der Waals surface area contributed by atoms with Gasteiger partial charge in [0.1, 0.15) is 10.5 Å². The van der Waals surface area contributed by atoms with E-state index in [9.17, 15) is 20.0 Å². The molecule has 5 heterocycles. The molecule has 1 N–H and O–H groups in total. The lowest BCUT2D eigenvalue weighted by atomic mass is 9.79. The molecule has 4 atom stereocenters. The first kappa shape index (κ1) is 31.2. The Morgan fingerprint density at radius 2 is 2.05 bits per heavy atom. The SMILES string of the molecule is CSc1nc2c(F)c(Br)c(CCC#N)cc2c2c1cc(C1CCCN1C(=O)OCC[Si](C)(C)C)n2[C@H]1[C@@H]2C[C@H]1N(C(=O)O)C2. The predicted octanol–water partition coefficient (Wildman–Crippen LogP) is 7.80. The molecular weight excluding hydrogens is 665 g/mol. The van der Waals surface area contributed by atoms with Gasteiger partial charge in [-0.05, 0) is 71.6 Å². The van der Waals surface area contributed by atoms with Crippen LogP contribution in [0.5, 0.6) is 0 Å². The van der Waals surface area contributed by atoms with Crippen molar-refractivity contribution in [1.29, 1.82) is 5.26 Å². The number of pyridine rings is 1. The van der Waals surface area contributed by atoms with Gasteiger partial charge < -0.3 is 19.3 Å². The lowest BCUT2D eigenvalue weighted by Crippen LogP contribution is -2.43. The molecule has 4 fully saturated rings. The van der Waals surface area contributed by atoms with Gasteiger partial charge in [0.2, 0.25) is 0 Å². The highest BCUT2D eigenvalue weighted by atomic mass is 79.9. The number of thioether (sulfide) groups is 1. The van der Waals surface area contributed by atoms with Gasteiger partial charge in [-0.1, -0.05) is 19.6 Å². The molecule has 13 heteroatoms. The molecule has 9 nitrogen and oxygen atoms in total. The Morgan fingerprint density at radius 3 is 2.70 bits per heavy atom. The smallest absolute Gasteiger partial charge is 0.410 e. The van der Waals surface area contributed by atoms with Crippen LogP contribution < -0.4 is 0 Å². The number of likely N-dealkylation sites (tertiary alicyclic amines) is 1. The van der Waals surface area contributed by atoms with Crippen LogP contribution in [-0.4, -0.2) is 76.7 Å². The third-order valence-electron chi connectivity index (χ3n) is 9.42. The third kappa shape index (κ3) is 5.26. The summed E-state index contributed by atoms with van der Waals surface area (Å²) in [6.07, 6.45) is 3.62. The number of ether oxygens (including phenoxy) is 1. The third-order valence-corrected chi connectivity index (χ3v) is 12.7. The number of carboxylic acid groups (broad SMARTS) is 1. The van der Waals surface area contributed by atoms with Crippen LogP contribution in [0.4, 0.5) is 14.0 Å². The van der Waals surface area contributed by atoms with Gasteiger partial charge in [-0.3, -0.25) is 4.90 Å². The van der Waals surface area contributed by atoms with Crippen molar-refractivity contribution in [3.05, 3.63) is 33.7 Å². The van der Waals surface area contributed by atoms with E-state index < -0.39 is 20.0 Å². The summed E-state index contributed by atoms with van der Waals surface area (Å²) < 4.78 is 24.3. The Bertz CT molecular complexity index is 1700. The van der Waals surface area contributed by atoms with Crippen LogP contribution in [0, 0.1) is 23.1 Å². The highest BCUT2D eigenvalue weighted by Crippen LogP contribution is 2.54. The molecule has 2 aromatic heterocycles. The Balaban J connectivity index is 1.55. The number of fused-ring (bicyclic) bond motifs is 4. The standard InChI is InChI=1S/C31H37BrFN5O4SSi/c1-43-29-20-15-22(21-8-6-10-36(21)31(41)42-11-12-44(2,3)4)38(27-18-14-23(27)37(16-18)30(39)40)28(20)19-13-17(7-5-9-34)24(32)25(33)26(19)35-29/h13,15,18,21,23,27H,5-8,10-12,14,16H2,1-4H3,(H,39,40)/t18-,21?,23-,27+/m1/s1. The van der Waals surface area contributed by atoms with Crippen molar-refractivity contribution in [2.45, 2.75) is 80.9 Å². The molecule has 3 aromatic rings. The zero-order valence-electron chi connectivity index (χ0n) is 25.4. The van der Waals surface area contributed by atoms with Gasteiger partial charge >= 0.3 is 12.2 Å². The Morgan fingerprint density at radius 1 is 1.27 bits per heavy atom. The summed E-state index contributed by atoms with van der Waals surface area (Å²) >= 11 is 4.85. The van der Waals surface area contributed by atoms with E-state index in [1.807, 2.05) is 17.2 Å². The van der Waals surface area contributed by atoms with Crippen LogP contribution in [0.2, 0.25) is 25.7 Å². The van der Waals surface area contributed by atoms with Crippen LogP contribution in [0.1, 0.15) is 49.0 Å². The molecule has 2 bridgehead atoms. The molecule has 234 valence electrons. The fraction of sp³-hybridized carbons (Fsp3) is 0.548. The number of halogens is 2. The lowest BCUT2D eigenvalue weighted by molar-refractivity contribution is 0.0985. The molecule has 3 saturated heterocycles. The van der Waals surface area contributed by atoms with Gasteiger partial charge in [0.15, 0.2) is 5.82 Å². The first-order valence-corrected chi connectivity index (χ1v) is 20.9. The lowest BCUT2D eigenvalue weighted by Gasteiger charge is -2.40. The van der Waals surface area contributed by atoms with Crippen LogP contribution in [0.15, 0.2) is 21.6 Å². The number of benzene rings is 1. The molecule has 1 aliphatic carbocycles. The van der Waals surface area contributed by atoms with Crippen molar-refractivity contribution in [2.24, 2.45) is 5.92 Å². The van der Waals surface area contributed by atoms with Crippen molar-refractivity contribution < 1.29 is 23.8 Å². The number of carbonyl (C=O) groups excluding carboxylic acids is 1. The summed E-state index contributed by atoms with van der Waals surface area (Å²) in [6, 6.07) is 6.44. The Hall–Kier alpha value is -2.82. The molecule has 4 aliphatic rings. The van der Waals surface area contributed by atoms with E-state index in [0.29, 0.717) is 46.6 Å². The first-order chi connectivity index (χ1) is 20.9. The van der Waals surface area contributed by atoms with Gasteiger partial charge in [-0.25, -0.2) is 19.0 Å². The quantitative estimate of drug-likeness (QED) is 0.188. The molecule has 0 spiro atoms. The van der Waals surface area contributed by atoms with E-state index >= 15 is 4.39 Å². The summed E-state index contributed by atoms with van der Waals surface area (Å²) in [5.74, 6) is -0.359. The number of rotatable bonds is 8. The summed E-state index contributed by atoms with van der Waals surface area (Å²) in [7, 11) is -1.38. The van der Waals surface area contributed by atoms with Crippen LogP contribution in [-0.2, 0) is 11.2 Å². The second-order valence-electron chi connectivity index (χ2n) is 13.3. The zero-order valence-corrected chi connectivity index (χ0v) is 28.8. The van der Waals surface area contributed by atoms with E-state index in [4.69, 9.17) is 9.72 Å². The van der Waals surface area contributed by atoms with E-state index in [1.54, 1.807) is 0 Å². The van der Waals surface area contributed by atoms with Crippen molar-refractivity contribution in [1.82, 2.24) is 19.4 Å². The second kappa shape index (κ2) is 11.8. The molecule has 1 unspecified atom stereocenters. The minimum atomic E-state index is -1.38. The van der Waals surface area contributed by atoms with Gasteiger partial charge in [0.05, 0.1) is 40.8 Å². The predicted molar refractivity (Wildman–Crippen MR) is 174 cm³/mol. The number of hydrogen-bond donors (Lipinski definition) is 1. The molecule has 7 rings (SSSR count). The highest BCUT2D eigenvalue weighted by Gasteiger charge is 2.56. The maximum atomic E-state index is 16.0. The first-order valence-electron chi connectivity index (χ1n) is 15.1. The number of hydrogen-bond acceptors (Lipinski definition) is 6. The fourth-order valence-corrected chi connectivity index (χ4v) is 8.99. The Labute approximate surface area is 269 Å². The monoisotopic (exact) mass is 701 g/mol. The van der Waals surface area contributed by atoms with Gasteiger partial charge in [0.25, 0.3) is 0 Å². The van der Waals surface area contributed by atoms with Crippen LogP contribution in [0.25, 0.3) is 21.8 Å². The van der Waals surface area contributed by atoms with Crippen molar-refractivity contribution in [3.63, 3.8) is 0 Å². The minimum Gasteiger partial charge on any atom is -0.465 e. The molecule has 1 aromatic carbocycles. The molecule has 2 amide bonds. The number of nitrogens with zero attached hydrogens (tertiary/aromatic N) is 5.